The first kappa shape index (κ1) is 15.4. The van der Waals surface area contributed by atoms with E-state index in [1.54, 1.807) is 0 Å². The molecule has 1 rings (SSSR count). The molecule has 0 aromatic heterocycles. The van der Waals surface area contributed by atoms with Crippen LogP contribution in [0.1, 0.15) is 44.2 Å². The van der Waals surface area contributed by atoms with E-state index < -0.39 is 10.8 Å². The van der Waals surface area contributed by atoms with Crippen molar-refractivity contribution >= 4 is 10.8 Å². The third-order valence-corrected chi connectivity index (χ3v) is 5.35. The molecule has 0 saturated carbocycles. The third-order valence-electron chi connectivity index (χ3n) is 3.40. The van der Waals surface area contributed by atoms with Gasteiger partial charge >= 0.3 is 0 Å². The summed E-state index contributed by atoms with van der Waals surface area (Å²) in [6.07, 6.45) is 2.90. The van der Waals surface area contributed by atoms with E-state index >= 15 is 0 Å². The van der Waals surface area contributed by atoms with Crippen molar-refractivity contribution in [1.29, 1.82) is 0 Å². The molecule has 0 spiro atoms. The molecular weight excluding hydrogens is 242 g/mol. The average Bonchev–Trinajstić information content (AvgIpc) is 2.33. The summed E-state index contributed by atoms with van der Waals surface area (Å²) in [5.41, 5.74) is 8.53. The minimum Gasteiger partial charge on any atom is -0.327 e. The summed E-state index contributed by atoms with van der Waals surface area (Å²) in [6, 6.07) is 8.21. The van der Waals surface area contributed by atoms with E-state index in [0.717, 1.165) is 19.3 Å². The van der Waals surface area contributed by atoms with Crippen LogP contribution in [0.15, 0.2) is 24.3 Å². The molecule has 0 aliphatic carbocycles. The second-order valence-corrected chi connectivity index (χ2v) is 6.51. The lowest BCUT2D eigenvalue weighted by Gasteiger charge is -2.22. The van der Waals surface area contributed by atoms with E-state index in [2.05, 4.69) is 32.9 Å². The Labute approximate surface area is 113 Å². The molecule has 0 heterocycles. The Kier molecular flexibility index (Phi) is 6.58. The highest BCUT2D eigenvalue weighted by Gasteiger charge is 2.22. The van der Waals surface area contributed by atoms with E-state index in [0.29, 0.717) is 5.75 Å². The van der Waals surface area contributed by atoms with Crippen molar-refractivity contribution in [2.75, 3.05) is 0 Å². The predicted molar refractivity (Wildman–Crippen MR) is 80.0 cm³/mol. The molecular formula is C15H25NOS. The van der Waals surface area contributed by atoms with Crippen LogP contribution in [-0.4, -0.2) is 15.5 Å². The summed E-state index contributed by atoms with van der Waals surface area (Å²) in [5, 5.41) is 0.115. The molecule has 1 aromatic carbocycles. The molecule has 0 aliphatic rings. The number of hydrogen-bond acceptors (Lipinski definition) is 2. The molecule has 0 saturated heterocycles. The monoisotopic (exact) mass is 267 g/mol. The van der Waals surface area contributed by atoms with Crippen LogP contribution in [-0.2, 0) is 16.6 Å². The van der Waals surface area contributed by atoms with Crippen LogP contribution in [0.3, 0.4) is 0 Å². The molecule has 0 aliphatic heterocycles. The van der Waals surface area contributed by atoms with Crippen LogP contribution in [0.25, 0.3) is 0 Å². The fourth-order valence-electron chi connectivity index (χ4n) is 2.24. The molecule has 18 heavy (non-hydrogen) atoms. The van der Waals surface area contributed by atoms with Crippen LogP contribution in [0.5, 0.6) is 0 Å². The Balaban J connectivity index is 2.71. The number of nitrogens with two attached hydrogens (primary N) is 1. The molecule has 1 aromatic rings. The Morgan fingerprint density at radius 2 is 1.94 bits per heavy atom. The maximum absolute atomic E-state index is 12.4. The summed E-state index contributed by atoms with van der Waals surface area (Å²) < 4.78 is 12.4. The number of rotatable bonds is 7. The van der Waals surface area contributed by atoms with Crippen molar-refractivity contribution in [2.24, 2.45) is 5.73 Å². The summed E-state index contributed by atoms with van der Waals surface area (Å²) in [6.45, 7) is 6.27. The zero-order valence-corrected chi connectivity index (χ0v) is 12.5. The van der Waals surface area contributed by atoms with E-state index in [-0.39, 0.29) is 11.3 Å². The van der Waals surface area contributed by atoms with Gasteiger partial charge in [0.15, 0.2) is 0 Å². The second-order valence-electron chi connectivity index (χ2n) is 4.85. The van der Waals surface area contributed by atoms with Gasteiger partial charge in [0.1, 0.15) is 0 Å². The number of benzene rings is 1. The second kappa shape index (κ2) is 7.70. The van der Waals surface area contributed by atoms with E-state index in [1.165, 1.54) is 11.1 Å². The van der Waals surface area contributed by atoms with Crippen molar-refractivity contribution < 1.29 is 4.21 Å². The van der Waals surface area contributed by atoms with Gasteiger partial charge in [-0.1, -0.05) is 44.5 Å². The van der Waals surface area contributed by atoms with Gasteiger partial charge in [-0.25, -0.2) is 0 Å². The van der Waals surface area contributed by atoms with Gasteiger partial charge in [-0.3, -0.25) is 4.21 Å². The number of hydrogen-bond donors (Lipinski definition) is 1. The topological polar surface area (TPSA) is 43.1 Å². The Bertz CT molecular complexity index is 392. The lowest BCUT2D eigenvalue weighted by Crippen LogP contribution is -2.37. The fraction of sp³-hybridized carbons (Fsp3) is 0.600. The molecule has 102 valence electrons. The Morgan fingerprint density at radius 3 is 2.50 bits per heavy atom. The van der Waals surface area contributed by atoms with Crippen LogP contribution in [0.2, 0.25) is 0 Å². The van der Waals surface area contributed by atoms with Gasteiger partial charge in [0.2, 0.25) is 0 Å². The maximum atomic E-state index is 12.4. The molecule has 3 unspecified atom stereocenters. The molecule has 2 N–H and O–H groups in total. The molecule has 2 nitrogen and oxygen atoms in total. The largest absolute Gasteiger partial charge is 0.327 e. The Hall–Kier alpha value is -0.670. The molecule has 0 amide bonds. The van der Waals surface area contributed by atoms with Crippen molar-refractivity contribution in [3.8, 4) is 0 Å². The normalized spacial score (nSPS) is 16.2. The first-order valence-electron chi connectivity index (χ1n) is 6.77. The van der Waals surface area contributed by atoms with E-state index in [9.17, 15) is 4.21 Å². The standard InChI is InChI=1S/C15H25NOS/c1-4-8-14(16)15(5-2)18(17)11-13-10-7-6-9-12(13)3/h6-7,9-10,14-15H,4-5,8,11,16H2,1-3H3. The summed E-state index contributed by atoms with van der Waals surface area (Å²) in [7, 11) is -0.876. The smallest absolute Gasteiger partial charge is 0.0499 e. The third kappa shape index (κ3) is 4.21. The quantitative estimate of drug-likeness (QED) is 0.824. The first-order valence-corrected chi connectivity index (χ1v) is 8.15. The highest BCUT2D eigenvalue weighted by Crippen LogP contribution is 2.17. The minimum absolute atomic E-state index is 0.0600. The van der Waals surface area contributed by atoms with Crippen LogP contribution in [0.4, 0.5) is 0 Å². The lowest BCUT2D eigenvalue weighted by atomic mass is 10.1. The lowest BCUT2D eigenvalue weighted by molar-refractivity contribution is 0.549. The van der Waals surface area contributed by atoms with Gasteiger partial charge in [0, 0.05) is 27.8 Å². The van der Waals surface area contributed by atoms with E-state index in [4.69, 9.17) is 5.73 Å². The Morgan fingerprint density at radius 1 is 1.28 bits per heavy atom. The summed E-state index contributed by atoms with van der Waals surface area (Å²) in [4.78, 5) is 0. The van der Waals surface area contributed by atoms with Crippen LogP contribution in [0, 0.1) is 6.92 Å². The van der Waals surface area contributed by atoms with Crippen LogP contribution >= 0.6 is 0 Å². The van der Waals surface area contributed by atoms with Crippen molar-refractivity contribution in [3.05, 3.63) is 35.4 Å². The van der Waals surface area contributed by atoms with Crippen molar-refractivity contribution in [2.45, 2.75) is 57.1 Å². The summed E-state index contributed by atoms with van der Waals surface area (Å²) in [5.74, 6) is 0.628. The highest BCUT2D eigenvalue weighted by atomic mass is 32.2. The molecule has 0 bridgehead atoms. The average molecular weight is 267 g/mol. The van der Waals surface area contributed by atoms with Gasteiger partial charge in [-0.2, -0.15) is 0 Å². The van der Waals surface area contributed by atoms with Gasteiger partial charge < -0.3 is 5.73 Å². The highest BCUT2D eigenvalue weighted by molar-refractivity contribution is 7.84. The molecule has 0 fully saturated rings. The molecule has 3 atom stereocenters. The van der Waals surface area contributed by atoms with Crippen molar-refractivity contribution in [3.63, 3.8) is 0 Å². The predicted octanol–water partition coefficient (Wildman–Crippen LogP) is 3.15. The van der Waals surface area contributed by atoms with Crippen LogP contribution < -0.4 is 5.73 Å². The van der Waals surface area contributed by atoms with Crippen molar-refractivity contribution in [1.82, 2.24) is 0 Å². The molecule has 0 radical (unpaired) electrons. The first-order chi connectivity index (χ1) is 8.60. The maximum Gasteiger partial charge on any atom is 0.0499 e. The van der Waals surface area contributed by atoms with Gasteiger partial charge in [-0.05, 0) is 30.9 Å². The van der Waals surface area contributed by atoms with E-state index in [1.807, 2.05) is 12.1 Å². The minimum atomic E-state index is -0.876. The summed E-state index contributed by atoms with van der Waals surface area (Å²) >= 11 is 0. The van der Waals surface area contributed by atoms with Gasteiger partial charge in [0.25, 0.3) is 0 Å². The zero-order valence-electron chi connectivity index (χ0n) is 11.7. The SMILES string of the molecule is CCCC(N)C(CC)S(=O)Cc1ccccc1C. The van der Waals surface area contributed by atoms with Gasteiger partial charge in [-0.15, -0.1) is 0 Å². The zero-order chi connectivity index (χ0) is 13.5. The molecule has 3 heteroatoms. The van der Waals surface area contributed by atoms with Gasteiger partial charge in [0.05, 0.1) is 0 Å². The fourth-order valence-corrected chi connectivity index (χ4v) is 3.98. The number of aryl methyl sites for hydroxylation is 1.